The summed E-state index contributed by atoms with van der Waals surface area (Å²) in [6, 6.07) is 0.0191. The number of hydrogen-bond acceptors (Lipinski definition) is 11. The van der Waals surface area contributed by atoms with Gasteiger partial charge >= 0.3 is 28.1 Å². The maximum absolute atomic E-state index is 13.3. The highest BCUT2D eigenvalue weighted by Gasteiger charge is 2.50. The Morgan fingerprint density at radius 3 is 2.45 bits per heavy atom. The fourth-order valence-electron chi connectivity index (χ4n) is 4.13. The van der Waals surface area contributed by atoms with Crippen LogP contribution >= 0.6 is 0 Å². The number of ether oxygens (including phenoxy) is 4. The molecule has 1 aromatic rings. The van der Waals surface area contributed by atoms with Crippen LogP contribution in [0.15, 0.2) is 17.0 Å². The Bertz CT molecular complexity index is 1190. The first-order valence-corrected chi connectivity index (χ1v) is 13.4. The number of fused-ring (bicyclic) bond motifs is 2. The molecule has 3 amide bonds. The van der Waals surface area contributed by atoms with Crippen molar-refractivity contribution in [2.75, 3.05) is 34.1 Å². The number of carbonyl (C=O) groups excluding carboxylic acids is 4. The number of benzene rings is 1. The topological polar surface area (TPSA) is 167 Å². The monoisotopic (exact) mass is 557 g/mol. The average Bonchev–Trinajstić information content (AvgIpc) is 3.14. The van der Waals surface area contributed by atoms with Gasteiger partial charge in [-0.2, -0.15) is 13.5 Å². The van der Waals surface area contributed by atoms with Crippen molar-refractivity contribution in [1.29, 1.82) is 0 Å². The zero-order valence-electron chi connectivity index (χ0n) is 21.6. The molecule has 2 heterocycles. The number of amides is 3. The van der Waals surface area contributed by atoms with E-state index in [0.717, 1.165) is 6.07 Å². The van der Waals surface area contributed by atoms with Crippen LogP contribution in [0.4, 0.5) is 4.79 Å². The van der Waals surface area contributed by atoms with Gasteiger partial charge in [0.1, 0.15) is 22.3 Å². The number of nitrogens with zero attached hydrogens (tertiary/aromatic N) is 2. The van der Waals surface area contributed by atoms with Crippen LogP contribution in [0, 0.1) is 0 Å². The summed E-state index contributed by atoms with van der Waals surface area (Å²) in [5.41, 5.74) is -0.246. The molecule has 2 aliphatic rings. The molecule has 1 N–H and O–H groups in total. The van der Waals surface area contributed by atoms with E-state index in [2.05, 4.69) is 5.32 Å². The molecule has 2 atom stereocenters. The third kappa shape index (κ3) is 5.93. The molecule has 1 aromatic carbocycles. The third-order valence-electron chi connectivity index (χ3n) is 5.99. The number of nitrogens with one attached hydrogen (secondary N) is 1. The highest BCUT2D eigenvalue weighted by molar-refractivity contribution is 7.86. The van der Waals surface area contributed by atoms with Gasteiger partial charge < -0.3 is 29.2 Å². The van der Waals surface area contributed by atoms with Crippen LogP contribution in [0.25, 0.3) is 0 Å². The second kappa shape index (κ2) is 12.3. The number of rotatable bonds is 12. The Morgan fingerprint density at radius 1 is 1.08 bits per heavy atom. The summed E-state index contributed by atoms with van der Waals surface area (Å²) in [7, 11) is -2.22. The number of esters is 2. The van der Waals surface area contributed by atoms with Crippen molar-refractivity contribution in [2.24, 2.45) is 0 Å². The molecule has 15 heteroatoms. The minimum Gasteiger partial charge on any atom is -0.496 e. The Hall–Kier alpha value is -3.59. The molecule has 2 bridgehead atoms. The van der Waals surface area contributed by atoms with Crippen LogP contribution in [0.2, 0.25) is 0 Å². The van der Waals surface area contributed by atoms with E-state index in [1.54, 1.807) is 13.8 Å². The summed E-state index contributed by atoms with van der Waals surface area (Å²) < 4.78 is 52.3. The van der Waals surface area contributed by atoms with E-state index in [4.69, 9.17) is 23.2 Å². The molecule has 0 spiro atoms. The van der Waals surface area contributed by atoms with Gasteiger partial charge in [-0.1, -0.05) is 13.8 Å². The molecule has 3 rings (SSSR count). The summed E-state index contributed by atoms with van der Waals surface area (Å²) in [6.45, 7) is 3.20. The molecule has 0 aromatic heterocycles. The van der Waals surface area contributed by atoms with E-state index in [1.165, 1.54) is 25.2 Å². The normalized spacial score (nSPS) is 18.7. The molecular formula is C23H31N3O11S. The maximum atomic E-state index is 13.3. The molecule has 0 saturated carbocycles. The second-order valence-corrected chi connectivity index (χ2v) is 9.90. The lowest BCUT2D eigenvalue weighted by atomic mass is 10.0. The van der Waals surface area contributed by atoms with E-state index in [0.29, 0.717) is 11.5 Å². The molecule has 0 aliphatic carbocycles. The first-order chi connectivity index (χ1) is 18.1. The lowest BCUT2D eigenvalue weighted by Crippen LogP contribution is -2.50. The summed E-state index contributed by atoms with van der Waals surface area (Å²) in [4.78, 5) is 50.3. The SMILES string of the molecule is CCCOC(=O)c1c(OC)ccc(S(=O)(=O)ON2C(=O)N3C[C@H]2CC[C@H]3C(=O)NCOC(=O)CC)c1OC. The third-order valence-corrected chi connectivity index (χ3v) is 7.21. The smallest absolute Gasteiger partial charge is 0.346 e. The van der Waals surface area contributed by atoms with Gasteiger partial charge in [-0.05, 0) is 31.4 Å². The highest BCUT2D eigenvalue weighted by atomic mass is 32.2. The molecule has 2 fully saturated rings. The molecule has 0 radical (unpaired) electrons. The van der Waals surface area contributed by atoms with Crippen molar-refractivity contribution in [3.05, 3.63) is 17.7 Å². The highest BCUT2D eigenvalue weighted by Crippen LogP contribution is 2.38. The zero-order chi connectivity index (χ0) is 28.0. The number of carbonyl (C=O) groups is 4. The predicted octanol–water partition coefficient (Wildman–Crippen LogP) is 1.19. The Balaban J connectivity index is 1.81. The van der Waals surface area contributed by atoms with E-state index in [-0.39, 0.29) is 56.2 Å². The van der Waals surface area contributed by atoms with E-state index in [1.807, 2.05) is 0 Å². The Morgan fingerprint density at radius 2 is 1.82 bits per heavy atom. The fraction of sp³-hybridized carbons (Fsp3) is 0.565. The summed E-state index contributed by atoms with van der Waals surface area (Å²) in [5.74, 6) is -2.22. The van der Waals surface area contributed by atoms with Crippen LogP contribution in [-0.4, -0.2) is 88.4 Å². The standard InChI is InChI=1S/C23H31N3O11S/c1-5-11-35-22(29)19-16(33-3)9-10-17(20(19)34-4)38(31,32)37-26-14-7-8-15(25(12-14)23(26)30)21(28)24-13-36-18(27)6-2/h9-10,14-15H,5-8,11-13H2,1-4H3,(H,24,28)/t14-,15+/m1/s1. The molecule has 0 unspecified atom stereocenters. The zero-order valence-corrected chi connectivity index (χ0v) is 22.4. The summed E-state index contributed by atoms with van der Waals surface area (Å²) >= 11 is 0. The minimum absolute atomic E-state index is 0.0274. The Labute approximate surface area is 220 Å². The number of hydroxylamine groups is 2. The van der Waals surface area contributed by atoms with Gasteiger partial charge in [-0.25, -0.2) is 9.59 Å². The van der Waals surface area contributed by atoms with Gasteiger partial charge in [-0.15, -0.1) is 4.28 Å². The number of methoxy groups -OCH3 is 2. The van der Waals surface area contributed by atoms with Crippen LogP contribution in [0.1, 0.15) is 49.9 Å². The van der Waals surface area contributed by atoms with Crippen LogP contribution < -0.4 is 14.8 Å². The summed E-state index contributed by atoms with van der Waals surface area (Å²) in [6.07, 6.45) is 1.20. The van der Waals surface area contributed by atoms with Crippen LogP contribution in [-0.2, 0) is 33.5 Å². The maximum Gasteiger partial charge on any atom is 0.346 e. The van der Waals surface area contributed by atoms with Gasteiger partial charge in [0, 0.05) is 13.0 Å². The number of piperidine rings is 1. The molecule has 210 valence electrons. The van der Waals surface area contributed by atoms with Crippen molar-refractivity contribution >= 4 is 34.0 Å². The van der Waals surface area contributed by atoms with Crippen molar-refractivity contribution in [3.63, 3.8) is 0 Å². The summed E-state index contributed by atoms with van der Waals surface area (Å²) in [5, 5.41) is 3.15. The lowest BCUT2D eigenvalue weighted by Gasteiger charge is -2.29. The van der Waals surface area contributed by atoms with Gasteiger partial charge in [0.2, 0.25) is 5.91 Å². The lowest BCUT2D eigenvalue weighted by molar-refractivity contribution is -0.145. The van der Waals surface area contributed by atoms with Crippen molar-refractivity contribution in [3.8, 4) is 11.5 Å². The Kier molecular flexibility index (Phi) is 9.38. The van der Waals surface area contributed by atoms with Gasteiger partial charge in [-0.3, -0.25) is 9.59 Å². The van der Waals surface area contributed by atoms with Crippen molar-refractivity contribution < 1.29 is 50.8 Å². The quantitative estimate of drug-likeness (QED) is 0.289. The van der Waals surface area contributed by atoms with E-state index in [9.17, 15) is 27.6 Å². The van der Waals surface area contributed by atoms with Crippen molar-refractivity contribution in [1.82, 2.24) is 15.3 Å². The average molecular weight is 558 g/mol. The fourth-order valence-corrected chi connectivity index (χ4v) is 5.26. The molecule has 2 saturated heterocycles. The predicted molar refractivity (Wildman–Crippen MR) is 129 cm³/mol. The first kappa shape index (κ1) is 29.0. The van der Waals surface area contributed by atoms with Gasteiger partial charge in [0.05, 0.1) is 26.9 Å². The molecule has 2 aliphatic heterocycles. The van der Waals surface area contributed by atoms with Crippen molar-refractivity contribution in [2.45, 2.75) is 56.5 Å². The largest absolute Gasteiger partial charge is 0.496 e. The molecular weight excluding hydrogens is 526 g/mol. The number of urea groups is 1. The van der Waals surface area contributed by atoms with E-state index < -0.39 is 51.0 Å². The first-order valence-electron chi connectivity index (χ1n) is 12.0. The van der Waals surface area contributed by atoms with Gasteiger partial charge in [0.15, 0.2) is 12.5 Å². The number of hydrogen-bond donors (Lipinski definition) is 1. The molecule has 38 heavy (non-hydrogen) atoms. The van der Waals surface area contributed by atoms with E-state index >= 15 is 0 Å². The molecule has 14 nitrogen and oxygen atoms in total. The van der Waals surface area contributed by atoms with Crippen LogP contribution in [0.3, 0.4) is 0 Å². The van der Waals surface area contributed by atoms with Crippen LogP contribution in [0.5, 0.6) is 11.5 Å². The second-order valence-electron chi connectivity index (χ2n) is 8.40. The van der Waals surface area contributed by atoms with Gasteiger partial charge in [0.25, 0.3) is 0 Å². The minimum atomic E-state index is -4.69.